The summed E-state index contributed by atoms with van der Waals surface area (Å²) in [5.74, 6) is 0. The Morgan fingerprint density at radius 1 is 1.05 bits per heavy atom. The highest BCUT2D eigenvalue weighted by atomic mass is 16.1. The molecule has 0 amide bonds. The fourth-order valence-corrected chi connectivity index (χ4v) is 2.77. The molecule has 1 N–H and O–H groups in total. The van der Waals surface area contributed by atoms with E-state index < -0.39 is 0 Å². The van der Waals surface area contributed by atoms with Crippen LogP contribution < -0.4 is 5.56 Å². The van der Waals surface area contributed by atoms with Crippen molar-refractivity contribution in [3.63, 3.8) is 0 Å². The van der Waals surface area contributed by atoms with E-state index in [9.17, 15) is 4.79 Å². The van der Waals surface area contributed by atoms with Gasteiger partial charge in [0.25, 0.3) is 5.56 Å². The van der Waals surface area contributed by atoms with Gasteiger partial charge in [-0.2, -0.15) is 0 Å². The molecule has 0 aliphatic rings. The number of benzene rings is 2. The predicted molar refractivity (Wildman–Crippen MR) is 88.2 cm³/mol. The number of rotatable bonds is 1. The molecule has 2 aromatic carbocycles. The Morgan fingerprint density at radius 3 is 2.64 bits per heavy atom. The number of aromatic amines is 1. The molecule has 0 saturated carbocycles. The monoisotopic (exact) mass is 289 g/mol. The summed E-state index contributed by atoms with van der Waals surface area (Å²) in [4.78, 5) is 16.9. The van der Waals surface area contributed by atoms with Gasteiger partial charge >= 0.3 is 0 Å². The first-order chi connectivity index (χ1) is 10.6. The van der Waals surface area contributed by atoms with E-state index >= 15 is 0 Å². The van der Waals surface area contributed by atoms with Crippen LogP contribution in [0.3, 0.4) is 0 Å². The van der Waals surface area contributed by atoms with Crippen molar-refractivity contribution < 1.29 is 0 Å². The molecular weight excluding hydrogens is 274 g/mol. The fourth-order valence-electron chi connectivity index (χ4n) is 2.77. The van der Waals surface area contributed by atoms with E-state index in [2.05, 4.69) is 40.4 Å². The summed E-state index contributed by atoms with van der Waals surface area (Å²) in [6.07, 6.45) is 1.84. The third kappa shape index (κ3) is 1.77. The molecule has 4 heteroatoms. The van der Waals surface area contributed by atoms with Crippen molar-refractivity contribution in [1.82, 2.24) is 14.6 Å². The molecule has 2 aromatic heterocycles. The Hall–Kier alpha value is -2.88. The molecule has 0 fully saturated rings. The van der Waals surface area contributed by atoms with Crippen molar-refractivity contribution in [1.29, 1.82) is 0 Å². The molecular formula is C18H15N3O. The zero-order chi connectivity index (χ0) is 15.3. The minimum atomic E-state index is -0.0467. The van der Waals surface area contributed by atoms with Gasteiger partial charge in [0, 0.05) is 23.0 Å². The average molecular weight is 289 g/mol. The zero-order valence-electron chi connectivity index (χ0n) is 12.4. The van der Waals surface area contributed by atoms with E-state index in [4.69, 9.17) is 0 Å². The topological polar surface area (TPSA) is 50.2 Å². The van der Waals surface area contributed by atoms with E-state index in [0.29, 0.717) is 11.2 Å². The third-order valence-electron chi connectivity index (χ3n) is 4.19. The summed E-state index contributed by atoms with van der Waals surface area (Å²) in [5, 5.41) is 5.38. The lowest BCUT2D eigenvalue weighted by molar-refractivity contribution is 0.873. The Balaban J connectivity index is 2.02. The van der Waals surface area contributed by atoms with Crippen LogP contribution in [-0.4, -0.2) is 14.6 Å². The highest BCUT2D eigenvalue weighted by molar-refractivity contribution is 5.89. The van der Waals surface area contributed by atoms with Crippen molar-refractivity contribution >= 4 is 16.4 Å². The standard InChI is InChI=1S/C18H15N3O/c1-11-12(2)20-17-16(10-19-21(17)18(11)22)15-8-7-13-5-3-4-6-14(13)9-15/h3-10,19H,1-2H3. The van der Waals surface area contributed by atoms with Crippen LogP contribution in [0, 0.1) is 13.8 Å². The summed E-state index contributed by atoms with van der Waals surface area (Å²) < 4.78 is 1.51. The number of nitrogens with zero attached hydrogens (tertiary/aromatic N) is 2. The maximum absolute atomic E-state index is 12.3. The van der Waals surface area contributed by atoms with Crippen LogP contribution in [0.5, 0.6) is 0 Å². The lowest BCUT2D eigenvalue weighted by Gasteiger charge is -2.04. The van der Waals surface area contributed by atoms with Gasteiger partial charge in [-0.3, -0.25) is 9.89 Å². The fraction of sp³-hybridized carbons (Fsp3) is 0.111. The molecule has 0 aliphatic heterocycles. The molecule has 22 heavy (non-hydrogen) atoms. The lowest BCUT2D eigenvalue weighted by atomic mass is 10.0. The summed E-state index contributed by atoms with van der Waals surface area (Å²) in [6.45, 7) is 3.67. The maximum Gasteiger partial charge on any atom is 0.275 e. The van der Waals surface area contributed by atoms with Crippen LogP contribution in [0.2, 0.25) is 0 Å². The van der Waals surface area contributed by atoms with Gasteiger partial charge in [0.15, 0.2) is 5.65 Å². The number of hydrogen-bond acceptors (Lipinski definition) is 2. The van der Waals surface area contributed by atoms with Crippen LogP contribution in [0.15, 0.2) is 53.5 Å². The molecule has 4 rings (SSSR count). The third-order valence-corrected chi connectivity index (χ3v) is 4.19. The highest BCUT2D eigenvalue weighted by Crippen LogP contribution is 2.26. The lowest BCUT2D eigenvalue weighted by Crippen LogP contribution is -2.19. The van der Waals surface area contributed by atoms with Crippen LogP contribution in [0.4, 0.5) is 0 Å². The van der Waals surface area contributed by atoms with Crippen molar-refractivity contribution in [2.45, 2.75) is 13.8 Å². The molecule has 0 bridgehead atoms. The molecule has 0 aliphatic carbocycles. The second-order valence-electron chi connectivity index (χ2n) is 5.54. The molecule has 4 nitrogen and oxygen atoms in total. The van der Waals surface area contributed by atoms with Gasteiger partial charge in [-0.1, -0.05) is 36.4 Å². The summed E-state index contributed by atoms with van der Waals surface area (Å²) in [5.41, 5.74) is 4.05. The summed E-state index contributed by atoms with van der Waals surface area (Å²) in [6, 6.07) is 14.5. The van der Waals surface area contributed by atoms with E-state index in [1.165, 1.54) is 15.3 Å². The van der Waals surface area contributed by atoms with Gasteiger partial charge in [-0.15, -0.1) is 0 Å². The van der Waals surface area contributed by atoms with E-state index in [-0.39, 0.29) is 5.56 Å². The maximum atomic E-state index is 12.3. The number of aryl methyl sites for hydroxylation is 1. The molecule has 108 valence electrons. The SMILES string of the molecule is Cc1nc2c(-c3ccc4ccccc4c3)c[nH]n2c(=O)c1C. The van der Waals surface area contributed by atoms with Crippen molar-refractivity contribution in [3.8, 4) is 11.1 Å². The first-order valence-corrected chi connectivity index (χ1v) is 7.21. The van der Waals surface area contributed by atoms with Crippen LogP contribution in [-0.2, 0) is 0 Å². The summed E-state index contributed by atoms with van der Waals surface area (Å²) >= 11 is 0. The molecule has 0 saturated heterocycles. The normalized spacial score (nSPS) is 11.4. The minimum absolute atomic E-state index is 0.0467. The first kappa shape index (κ1) is 12.8. The van der Waals surface area contributed by atoms with E-state index in [1.807, 2.05) is 25.3 Å². The number of fused-ring (bicyclic) bond motifs is 2. The number of nitrogens with one attached hydrogen (secondary N) is 1. The van der Waals surface area contributed by atoms with Gasteiger partial charge in [-0.05, 0) is 36.2 Å². The first-order valence-electron chi connectivity index (χ1n) is 7.21. The van der Waals surface area contributed by atoms with Gasteiger partial charge in [0.2, 0.25) is 0 Å². The van der Waals surface area contributed by atoms with Gasteiger partial charge in [-0.25, -0.2) is 9.50 Å². The van der Waals surface area contributed by atoms with Gasteiger partial charge in [0.05, 0.1) is 0 Å². The smallest absolute Gasteiger partial charge is 0.275 e. The van der Waals surface area contributed by atoms with Crippen molar-refractivity contribution in [2.75, 3.05) is 0 Å². The van der Waals surface area contributed by atoms with Crippen molar-refractivity contribution in [2.24, 2.45) is 0 Å². The zero-order valence-corrected chi connectivity index (χ0v) is 12.4. The van der Waals surface area contributed by atoms with Gasteiger partial charge < -0.3 is 0 Å². The Morgan fingerprint density at radius 2 is 1.82 bits per heavy atom. The summed E-state index contributed by atoms with van der Waals surface area (Å²) in [7, 11) is 0. The quantitative estimate of drug-likeness (QED) is 0.583. The second-order valence-corrected chi connectivity index (χ2v) is 5.54. The molecule has 0 atom stereocenters. The van der Waals surface area contributed by atoms with Gasteiger partial charge in [0.1, 0.15) is 0 Å². The second kappa shape index (κ2) is 4.56. The van der Waals surface area contributed by atoms with Crippen molar-refractivity contribution in [3.05, 3.63) is 70.3 Å². The van der Waals surface area contributed by atoms with E-state index in [0.717, 1.165) is 16.8 Å². The minimum Gasteiger partial charge on any atom is -0.296 e. The largest absolute Gasteiger partial charge is 0.296 e. The van der Waals surface area contributed by atoms with Crippen LogP contribution in [0.25, 0.3) is 27.5 Å². The average Bonchev–Trinajstić information content (AvgIpc) is 2.96. The molecule has 0 spiro atoms. The van der Waals surface area contributed by atoms with Crippen LogP contribution >= 0.6 is 0 Å². The molecule has 2 heterocycles. The Kier molecular flexibility index (Phi) is 2.66. The predicted octanol–water partition coefficient (Wildman–Crippen LogP) is 3.46. The van der Waals surface area contributed by atoms with Crippen LogP contribution in [0.1, 0.15) is 11.3 Å². The number of aromatic nitrogens is 3. The molecule has 0 unspecified atom stereocenters. The molecule has 0 radical (unpaired) electrons. The highest BCUT2D eigenvalue weighted by Gasteiger charge is 2.12. The Labute approximate surface area is 127 Å². The Bertz CT molecular complexity index is 1070. The number of hydrogen-bond donors (Lipinski definition) is 1. The molecule has 4 aromatic rings. The number of H-pyrrole nitrogens is 1. The van der Waals surface area contributed by atoms with E-state index in [1.54, 1.807) is 6.92 Å².